The Morgan fingerprint density at radius 1 is 1.83 bits per heavy atom. The summed E-state index contributed by atoms with van der Waals surface area (Å²) in [5, 5.41) is 9.27. The van der Waals surface area contributed by atoms with Gasteiger partial charge >= 0.3 is 0 Å². The lowest BCUT2D eigenvalue weighted by Crippen LogP contribution is -2.31. The molecular formula is C8H15NO2S. The standard InChI is InChI=1S/C8H15NO2S/c1-6(10)7-2-3-9(4-7)8(11)5-12/h6-7,10,12H,2-5H2,1H3. The number of hydrogen-bond donors (Lipinski definition) is 2. The van der Waals surface area contributed by atoms with Crippen LogP contribution in [0.1, 0.15) is 13.3 Å². The number of aliphatic hydroxyl groups is 1. The van der Waals surface area contributed by atoms with Gasteiger partial charge in [0.25, 0.3) is 0 Å². The van der Waals surface area contributed by atoms with E-state index in [2.05, 4.69) is 12.6 Å². The van der Waals surface area contributed by atoms with E-state index in [0.717, 1.165) is 13.0 Å². The molecule has 0 spiro atoms. The molecule has 0 aromatic carbocycles. The molecule has 4 heteroatoms. The van der Waals surface area contributed by atoms with Crippen LogP contribution < -0.4 is 0 Å². The van der Waals surface area contributed by atoms with Gasteiger partial charge in [0.05, 0.1) is 11.9 Å². The molecule has 1 aliphatic rings. The molecule has 70 valence electrons. The highest BCUT2D eigenvalue weighted by molar-refractivity contribution is 7.81. The van der Waals surface area contributed by atoms with Crippen molar-refractivity contribution in [3.63, 3.8) is 0 Å². The van der Waals surface area contributed by atoms with Crippen molar-refractivity contribution in [2.75, 3.05) is 18.8 Å². The van der Waals surface area contributed by atoms with E-state index in [-0.39, 0.29) is 23.7 Å². The Balaban J connectivity index is 2.40. The summed E-state index contributed by atoms with van der Waals surface area (Å²) in [6.45, 7) is 3.24. The number of hydrogen-bond acceptors (Lipinski definition) is 3. The molecule has 0 saturated carbocycles. The van der Waals surface area contributed by atoms with E-state index in [9.17, 15) is 9.90 Å². The summed E-state index contributed by atoms with van der Waals surface area (Å²) in [7, 11) is 0. The second-order valence-corrected chi connectivity index (χ2v) is 3.60. The van der Waals surface area contributed by atoms with Gasteiger partial charge in [0.1, 0.15) is 0 Å². The van der Waals surface area contributed by atoms with Gasteiger partial charge in [-0.15, -0.1) is 0 Å². The maximum absolute atomic E-state index is 11.2. The number of thiol groups is 1. The molecule has 1 fully saturated rings. The fraction of sp³-hybridized carbons (Fsp3) is 0.875. The molecule has 1 amide bonds. The summed E-state index contributed by atoms with van der Waals surface area (Å²) in [6, 6.07) is 0. The van der Waals surface area contributed by atoms with Crippen molar-refractivity contribution in [3.8, 4) is 0 Å². The van der Waals surface area contributed by atoms with Gasteiger partial charge in [0.2, 0.25) is 5.91 Å². The van der Waals surface area contributed by atoms with Crippen LogP contribution in [0.3, 0.4) is 0 Å². The Morgan fingerprint density at radius 3 is 2.92 bits per heavy atom. The van der Waals surface area contributed by atoms with Crippen LogP contribution in [0, 0.1) is 5.92 Å². The number of likely N-dealkylation sites (tertiary alicyclic amines) is 1. The quantitative estimate of drug-likeness (QED) is 0.607. The Hall–Kier alpha value is -0.220. The summed E-state index contributed by atoms with van der Waals surface area (Å²) in [6.07, 6.45) is 0.611. The summed E-state index contributed by atoms with van der Waals surface area (Å²) in [5.41, 5.74) is 0. The van der Waals surface area contributed by atoms with E-state index >= 15 is 0 Å². The first-order chi connectivity index (χ1) is 5.65. The third-order valence-corrected chi connectivity index (χ3v) is 2.67. The molecule has 1 heterocycles. The van der Waals surface area contributed by atoms with E-state index in [1.165, 1.54) is 0 Å². The molecule has 0 aromatic heterocycles. The SMILES string of the molecule is CC(O)C1CCN(C(=O)CS)C1. The van der Waals surface area contributed by atoms with Crippen molar-refractivity contribution in [1.82, 2.24) is 4.90 Å². The molecule has 0 aliphatic carbocycles. The lowest BCUT2D eigenvalue weighted by Gasteiger charge is -2.16. The van der Waals surface area contributed by atoms with Gasteiger partial charge in [-0.2, -0.15) is 12.6 Å². The second-order valence-electron chi connectivity index (χ2n) is 3.29. The first-order valence-corrected chi connectivity index (χ1v) is 4.85. The van der Waals surface area contributed by atoms with Crippen LogP contribution in [0.25, 0.3) is 0 Å². The maximum atomic E-state index is 11.2. The summed E-state index contributed by atoms with van der Waals surface area (Å²) in [4.78, 5) is 12.9. The van der Waals surface area contributed by atoms with Crippen molar-refractivity contribution in [3.05, 3.63) is 0 Å². The van der Waals surface area contributed by atoms with Gasteiger partial charge in [-0.05, 0) is 13.3 Å². The smallest absolute Gasteiger partial charge is 0.232 e. The minimum atomic E-state index is -0.303. The van der Waals surface area contributed by atoms with Crippen LogP contribution in [0.5, 0.6) is 0 Å². The number of rotatable bonds is 2. The van der Waals surface area contributed by atoms with Crippen LogP contribution in [0.2, 0.25) is 0 Å². The third-order valence-electron chi connectivity index (χ3n) is 2.39. The first kappa shape index (κ1) is 9.86. The monoisotopic (exact) mass is 189 g/mol. The topological polar surface area (TPSA) is 40.5 Å². The molecular weight excluding hydrogens is 174 g/mol. The Labute approximate surface area is 78.2 Å². The highest BCUT2D eigenvalue weighted by Gasteiger charge is 2.27. The zero-order valence-corrected chi connectivity index (χ0v) is 8.13. The molecule has 0 radical (unpaired) electrons. The molecule has 0 bridgehead atoms. The molecule has 2 unspecified atom stereocenters. The Kier molecular flexibility index (Phi) is 3.40. The normalized spacial score (nSPS) is 25.9. The number of amides is 1. The number of nitrogens with zero attached hydrogens (tertiary/aromatic N) is 1. The number of carbonyl (C=O) groups is 1. The molecule has 0 aromatic rings. The highest BCUT2D eigenvalue weighted by atomic mass is 32.1. The van der Waals surface area contributed by atoms with Crippen molar-refractivity contribution in [2.45, 2.75) is 19.4 Å². The van der Waals surface area contributed by atoms with Gasteiger partial charge in [0, 0.05) is 19.0 Å². The van der Waals surface area contributed by atoms with Gasteiger partial charge in [-0.25, -0.2) is 0 Å². The maximum Gasteiger partial charge on any atom is 0.232 e. The molecule has 1 aliphatic heterocycles. The lowest BCUT2D eigenvalue weighted by atomic mass is 10.0. The van der Waals surface area contributed by atoms with Crippen molar-refractivity contribution in [1.29, 1.82) is 0 Å². The predicted molar refractivity (Wildman–Crippen MR) is 50.2 cm³/mol. The minimum absolute atomic E-state index is 0.0708. The van der Waals surface area contributed by atoms with Gasteiger partial charge < -0.3 is 10.0 Å². The largest absolute Gasteiger partial charge is 0.393 e. The first-order valence-electron chi connectivity index (χ1n) is 4.22. The summed E-state index contributed by atoms with van der Waals surface area (Å²) in [5.74, 6) is 0.599. The molecule has 1 rings (SSSR count). The lowest BCUT2D eigenvalue weighted by molar-refractivity contribution is -0.127. The van der Waals surface area contributed by atoms with Crippen molar-refractivity contribution >= 4 is 18.5 Å². The fourth-order valence-electron chi connectivity index (χ4n) is 1.51. The van der Waals surface area contributed by atoms with E-state index in [4.69, 9.17) is 0 Å². The van der Waals surface area contributed by atoms with Gasteiger partial charge in [0.15, 0.2) is 0 Å². The Bertz CT molecular complexity index is 172. The predicted octanol–water partition coefficient (Wildman–Crippen LogP) is 0.146. The Morgan fingerprint density at radius 2 is 2.50 bits per heavy atom. The molecule has 3 nitrogen and oxygen atoms in total. The minimum Gasteiger partial charge on any atom is -0.393 e. The van der Waals surface area contributed by atoms with Crippen LogP contribution in [-0.2, 0) is 4.79 Å². The highest BCUT2D eigenvalue weighted by Crippen LogP contribution is 2.19. The zero-order valence-electron chi connectivity index (χ0n) is 7.23. The van der Waals surface area contributed by atoms with E-state index in [0.29, 0.717) is 6.54 Å². The average Bonchev–Trinajstić information content (AvgIpc) is 2.51. The molecule has 1 N–H and O–H groups in total. The van der Waals surface area contributed by atoms with Crippen LogP contribution >= 0.6 is 12.6 Å². The van der Waals surface area contributed by atoms with Gasteiger partial charge in [-0.3, -0.25) is 4.79 Å². The third kappa shape index (κ3) is 2.14. The average molecular weight is 189 g/mol. The second kappa shape index (κ2) is 4.14. The molecule has 12 heavy (non-hydrogen) atoms. The van der Waals surface area contributed by atoms with E-state index in [1.54, 1.807) is 11.8 Å². The van der Waals surface area contributed by atoms with Crippen LogP contribution in [-0.4, -0.2) is 40.9 Å². The number of aliphatic hydroxyl groups excluding tert-OH is 1. The molecule has 2 atom stereocenters. The zero-order chi connectivity index (χ0) is 9.14. The van der Waals surface area contributed by atoms with E-state index in [1.807, 2.05) is 0 Å². The van der Waals surface area contributed by atoms with E-state index < -0.39 is 0 Å². The van der Waals surface area contributed by atoms with Crippen molar-refractivity contribution in [2.24, 2.45) is 5.92 Å². The van der Waals surface area contributed by atoms with Gasteiger partial charge in [-0.1, -0.05) is 0 Å². The fourth-order valence-corrected chi connectivity index (χ4v) is 1.71. The summed E-state index contributed by atoms with van der Waals surface area (Å²) < 4.78 is 0. The van der Waals surface area contributed by atoms with Crippen molar-refractivity contribution < 1.29 is 9.90 Å². The van der Waals surface area contributed by atoms with Crippen LogP contribution in [0.4, 0.5) is 0 Å². The number of carbonyl (C=O) groups excluding carboxylic acids is 1. The molecule has 1 saturated heterocycles. The summed E-state index contributed by atoms with van der Waals surface area (Å²) >= 11 is 3.92. The van der Waals surface area contributed by atoms with Crippen LogP contribution in [0.15, 0.2) is 0 Å².